The van der Waals surface area contributed by atoms with Crippen LogP contribution >= 0.6 is 28.1 Å². The van der Waals surface area contributed by atoms with Gasteiger partial charge >= 0.3 is 0 Å². The van der Waals surface area contributed by atoms with Gasteiger partial charge in [-0.25, -0.2) is 0 Å². The molecule has 5 nitrogen and oxygen atoms in total. The Morgan fingerprint density at radius 3 is 2.94 bits per heavy atom. The molecule has 0 spiro atoms. The molecular formula is C11H14BrN3O2S. The van der Waals surface area contributed by atoms with Gasteiger partial charge in [0.05, 0.1) is 13.3 Å². The zero-order valence-corrected chi connectivity index (χ0v) is 12.4. The molecule has 1 aromatic rings. The number of phenolic OH excluding ortho intramolecular Hbond substituents is 1. The van der Waals surface area contributed by atoms with Crippen LogP contribution in [0, 0.1) is 0 Å². The molecule has 0 aliphatic rings. The maximum absolute atomic E-state index is 9.87. The van der Waals surface area contributed by atoms with Gasteiger partial charge in [0.25, 0.3) is 0 Å². The molecule has 0 saturated carbocycles. The van der Waals surface area contributed by atoms with E-state index in [4.69, 9.17) is 17.0 Å². The van der Waals surface area contributed by atoms with Gasteiger partial charge in [0.1, 0.15) is 0 Å². The molecule has 0 saturated heterocycles. The molecule has 0 unspecified atom stereocenters. The van der Waals surface area contributed by atoms with Crippen LogP contribution < -0.4 is 15.5 Å². The zero-order chi connectivity index (χ0) is 13.5. The standard InChI is InChI=1S/C11H14BrN3O2S/c1-3-13-11(18)15-14-6-7-4-8(12)5-9(17-2)10(7)16/h4-6,16H,3H2,1-2H3,(H2,13,15,18)/b14-6-. The molecule has 0 aliphatic carbocycles. The van der Waals surface area contributed by atoms with E-state index in [1.54, 1.807) is 12.1 Å². The van der Waals surface area contributed by atoms with E-state index >= 15 is 0 Å². The van der Waals surface area contributed by atoms with Crippen LogP contribution in [0.15, 0.2) is 21.7 Å². The predicted octanol–water partition coefficient (Wildman–Crippen LogP) is 1.98. The highest BCUT2D eigenvalue weighted by Gasteiger charge is 2.07. The van der Waals surface area contributed by atoms with Gasteiger partial charge in [-0.1, -0.05) is 15.9 Å². The fraction of sp³-hybridized carbons (Fsp3) is 0.273. The highest BCUT2D eigenvalue weighted by Crippen LogP contribution is 2.32. The van der Waals surface area contributed by atoms with Crippen molar-refractivity contribution in [2.45, 2.75) is 6.92 Å². The smallest absolute Gasteiger partial charge is 0.186 e. The summed E-state index contributed by atoms with van der Waals surface area (Å²) < 4.78 is 5.82. The molecule has 7 heteroatoms. The van der Waals surface area contributed by atoms with Crippen LogP contribution in [-0.2, 0) is 0 Å². The number of rotatable bonds is 4. The minimum absolute atomic E-state index is 0.0284. The van der Waals surface area contributed by atoms with E-state index in [1.165, 1.54) is 13.3 Å². The molecule has 98 valence electrons. The number of methoxy groups -OCH3 is 1. The molecule has 3 N–H and O–H groups in total. The first-order valence-corrected chi connectivity index (χ1v) is 6.42. The molecule has 18 heavy (non-hydrogen) atoms. The minimum atomic E-state index is 0.0284. The maximum atomic E-state index is 9.87. The van der Waals surface area contributed by atoms with Gasteiger partial charge in [0.2, 0.25) is 0 Å². The minimum Gasteiger partial charge on any atom is -0.504 e. The quantitative estimate of drug-likeness (QED) is 0.447. The summed E-state index contributed by atoms with van der Waals surface area (Å²) in [4.78, 5) is 0. The summed E-state index contributed by atoms with van der Waals surface area (Å²) in [6.07, 6.45) is 1.46. The number of nitrogens with one attached hydrogen (secondary N) is 2. The first-order chi connectivity index (χ1) is 8.58. The summed E-state index contributed by atoms with van der Waals surface area (Å²) in [7, 11) is 1.49. The summed E-state index contributed by atoms with van der Waals surface area (Å²) in [5.41, 5.74) is 3.16. The van der Waals surface area contributed by atoms with Gasteiger partial charge in [0.15, 0.2) is 16.6 Å². The average Bonchev–Trinajstić information content (AvgIpc) is 2.33. The van der Waals surface area contributed by atoms with Crippen molar-refractivity contribution < 1.29 is 9.84 Å². The largest absolute Gasteiger partial charge is 0.504 e. The van der Waals surface area contributed by atoms with Crippen LogP contribution in [0.5, 0.6) is 11.5 Å². The van der Waals surface area contributed by atoms with E-state index in [2.05, 4.69) is 31.8 Å². The molecule has 0 heterocycles. The highest BCUT2D eigenvalue weighted by atomic mass is 79.9. The van der Waals surface area contributed by atoms with Crippen molar-refractivity contribution in [3.63, 3.8) is 0 Å². The first kappa shape index (κ1) is 14.7. The van der Waals surface area contributed by atoms with Gasteiger partial charge in [-0.2, -0.15) is 5.10 Å². The van der Waals surface area contributed by atoms with Crippen molar-refractivity contribution in [3.05, 3.63) is 22.2 Å². The summed E-state index contributed by atoms with van der Waals surface area (Å²) in [6.45, 7) is 2.65. The molecular weight excluding hydrogens is 318 g/mol. The highest BCUT2D eigenvalue weighted by molar-refractivity contribution is 9.10. The summed E-state index contributed by atoms with van der Waals surface area (Å²) in [6, 6.07) is 3.39. The fourth-order valence-electron chi connectivity index (χ4n) is 1.21. The Kier molecular flexibility index (Phi) is 5.87. The van der Waals surface area contributed by atoms with E-state index in [1.807, 2.05) is 6.92 Å². The number of phenols is 1. The van der Waals surface area contributed by atoms with Gasteiger partial charge in [0, 0.05) is 16.6 Å². The Morgan fingerprint density at radius 2 is 2.33 bits per heavy atom. The lowest BCUT2D eigenvalue weighted by molar-refractivity contribution is 0.373. The Bertz CT molecular complexity index is 466. The normalized spacial score (nSPS) is 10.4. The van der Waals surface area contributed by atoms with Crippen LogP contribution in [0.3, 0.4) is 0 Å². The number of halogens is 1. The second-order valence-corrected chi connectivity index (χ2v) is 4.60. The van der Waals surface area contributed by atoms with Gasteiger partial charge in [-0.05, 0) is 31.3 Å². The third-order valence-electron chi connectivity index (χ3n) is 2.00. The van der Waals surface area contributed by atoms with Gasteiger partial charge < -0.3 is 15.2 Å². The Balaban J connectivity index is 2.81. The van der Waals surface area contributed by atoms with Crippen molar-refractivity contribution in [1.29, 1.82) is 0 Å². The molecule has 1 rings (SSSR count). The van der Waals surface area contributed by atoms with Crippen molar-refractivity contribution >= 4 is 39.5 Å². The van der Waals surface area contributed by atoms with Gasteiger partial charge in [-0.15, -0.1) is 0 Å². The summed E-state index contributed by atoms with van der Waals surface area (Å²) in [5.74, 6) is 0.403. The molecule has 1 aromatic carbocycles. The van der Waals surface area contributed by atoms with Crippen molar-refractivity contribution in [3.8, 4) is 11.5 Å². The molecule has 0 bridgehead atoms. The Hall–Kier alpha value is -1.34. The molecule has 0 amide bonds. The van der Waals surface area contributed by atoms with E-state index in [9.17, 15) is 5.11 Å². The predicted molar refractivity (Wildman–Crippen MR) is 79.4 cm³/mol. The van der Waals surface area contributed by atoms with Crippen LogP contribution in [0.1, 0.15) is 12.5 Å². The SMILES string of the molecule is CCNC(=S)N/N=C\c1cc(Br)cc(OC)c1O. The molecule has 0 atom stereocenters. The summed E-state index contributed by atoms with van der Waals surface area (Å²) >= 11 is 8.27. The molecule has 0 fully saturated rings. The number of hydrogen-bond acceptors (Lipinski definition) is 4. The van der Waals surface area contributed by atoms with Crippen LogP contribution in [0.4, 0.5) is 0 Å². The number of thiocarbonyl (C=S) groups is 1. The number of aromatic hydroxyl groups is 1. The monoisotopic (exact) mass is 331 g/mol. The van der Waals surface area contributed by atoms with Crippen molar-refractivity contribution in [2.75, 3.05) is 13.7 Å². The number of ether oxygens (including phenoxy) is 1. The van der Waals surface area contributed by atoms with Crippen molar-refractivity contribution in [1.82, 2.24) is 10.7 Å². The lowest BCUT2D eigenvalue weighted by Gasteiger charge is -2.07. The Labute approximate surface area is 119 Å². The Morgan fingerprint density at radius 1 is 1.61 bits per heavy atom. The van der Waals surface area contributed by atoms with E-state index < -0.39 is 0 Å². The number of benzene rings is 1. The fourth-order valence-corrected chi connectivity index (χ4v) is 1.86. The second-order valence-electron chi connectivity index (χ2n) is 3.28. The van der Waals surface area contributed by atoms with Crippen molar-refractivity contribution in [2.24, 2.45) is 5.10 Å². The number of nitrogens with zero attached hydrogens (tertiary/aromatic N) is 1. The van der Waals surface area contributed by atoms with Crippen LogP contribution in [0.2, 0.25) is 0 Å². The van der Waals surface area contributed by atoms with E-state index in [0.29, 0.717) is 16.4 Å². The number of hydrogen-bond donors (Lipinski definition) is 3. The average molecular weight is 332 g/mol. The van der Waals surface area contributed by atoms with Crippen LogP contribution in [-0.4, -0.2) is 30.1 Å². The van der Waals surface area contributed by atoms with Crippen LogP contribution in [0.25, 0.3) is 0 Å². The maximum Gasteiger partial charge on any atom is 0.186 e. The van der Waals surface area contributed by atoms with E-state index in [0.717, 1.165) is 11.0 Å². The molecule has 0 aromatic heterocycles. The molecule has 0 radical (unpaired) electrons. The third-order valence-corrected chi connectivity index (χ3v) is 2.69. The topological polar surface area (TPSA) is 65.9 Å². The molecule has 0 aliphatic heterocycles. The lowest BCUT2D eigenvalue weighted by Crippen LogP contribution is -2.31. The zero-order valence-electron chi connectivity index (χ0n) is 10.0. The second kappa shape index (κ2) is 7.17. The summed E-state index contributed by atoms with van der Waals surface area (Å²) in [5, 5.41) is 17.1. The van der Waals surface area contributed by atoms with E-state index in [-0.39, 0.29) is 5.75 Å². The first-order valence-electron chi connectivity index (χ1n) is 5.21. The van der Waals surface area contributed by atoms with Gasteiger partial charge in [-0.3, -0.25) is 5.43 Å². The third kappa shape index (κ3) is 4.15. The number of hydrazone groups is 1. The lowest BCUT2D eigenvalue weighted by atomic mass is 10.2.